The topological polar surface area (TPSA) is 18.5 Å². The van der Waals surface area contributed by atoms with Gasteiger partial charge in [0.1, 0.15) is 0 Å². The first-order valence-electron chi connectivity index (χ1n) is 3.03. The molecule has 2 nitrogen and oxygen atoms in total. The molecular formula is C6H10Br2O2. The highest BCUT2D eigenvalue weighted by atomic mass is 79.9. The molecule has 0 heterocycles. The summed E-state index contributed by atoms with van der Waals surface area (Å²) in [5.74, 6) is 0. The van der Waals surface area contributed by atoms with Gasteiger partial charge in [0.15, 0.2) is 0 Å². The fourth-order valence-corrected chi connectivity index (χ4v) is 1.05. The minimum Gasteiger partial charge on any atom is -0.483 e. The number of hydrogen-bond acceptors (Lipinski definition) is 2. The SMILES string of the molecule is CCO/C(Br)=C(\Br)OCC. The van der Waals surface area contributed by atoms with E-state index in [0.29, 0.717) is 22.6 Å². The zero-order valence-corrected chi connectivity index (χ0v) is 9.16. The molecule has 0 aromatic carbocycles. The van der Waals surface area contributed by atoms with Gasteiger partial charge in [-0.1, -0.05) is 0 Å². The van der Waals surface area contributed by atoms with Crippen LogP contribution in [0.15, 0.2) is 9.34 Å². The standard InChI is InChI=1S/C6H10Br2O2/c1-3-9-5(7)6(8)10-4-2/h3-4H2,1-2H3/b6-5+. The average molecular weight is 274 g/mol. The van der Waals surface area contributed by atoms with E-state index < -0.39 is 0 Å². The van der Waals surface area contributed by atoms with Crippen LogP contribution < -0.4 is 0 Å². The van der Waals surface area contributed by atoms with Crippen LogP contribution in [0.1, 0.15) is 13.8 Å². The third-order valence-corrected chi connectivity index (χ3v) is 2.41. The van der Waals surface area contributed by atoms with Crippen molar-refractivity contribution in [3.05, 3.63) is 9.34 Å². The Morgan fingerprint density at radius 3 is 1.50 bits per heavy atom. The van der Waals surface area contributed by atoms with E-state index in [-0.39, 0.29) is 0 Å². The molecule has 10 heavy (non-hydrogen) atoms. The summed E-state index contributed by atoms with van der Waals surface area (Å²) >= 11 is 6.38. The van der Waals surface area contributed by atoms with Crippen LogP contribution in [0.2, 0.25) is 0 Å². The summed E-state index contributed by atoms with van der Waals surface area (Å²) in [4.78, 5) is 0. The molecule has 0 rings (SSSR count). The van der Waals surface area contributed by atoms with E-state index in [1.54, 1.807) is 0 Å². The highest BCUT2D eigenvalue weighted by Crippen LogP contribution is 2.19. The maximum absolute atomic E-state index is 5.08. The largest absolute Gasteiger partial charge is 0.483 e. The van der Waals surface area contributed by atoms with Gasteiger partial charge in [0, 0.05) is 0 Å². The van der Waals surface area contributed by atoms with Gasteiger partial charge in [-0.2, -0.15) is 0 Å². The number of halogens is 2. The molecule has 0 aliphatic heterocycles. The molecule has 0 radical (unpaired) electrons. The van der Waals surface area contributed by atoms with Crippen LogP contribution in [0, 0.1) is 0 Å². The second-order valence-corrected chi connectivity index (χ2v) is 2.85. The van der Waals surface area contributed by atoms with Crippen LogP contribution in [0.3, 0.4) is 0 Å². The molecule has 0 unspecified atom stereocenters. The van der Waals surface area contributed by atoms with Crippen LogP contribution in [0.4, 0.5) is 0 Å². The van der Waals surface area contributed by atoms with E-state index in [1.165, 1.54) is 0 Å². The highest BCUT2D eigenvalue weighted by Gasteiger charge is 1.99. The van der Waals surface area contributed by atoms with Crippen molar-refractivity contribution in [3.63, 3.8) is 0 Å². The second kappa shape index (κ2) is 6.04. The number of ether oxygens (including phenoxy) is 2. The molecule has 60 valence electrons. The Kier molecular flexibility index (Phi) is 6.22. The van der Waals surface area contributed by atoms with Crippen LogP contribution in [-0.2, 0) is 9.47 Å². The summed E-state index contributed by atoms with van der Waals surface area (Å²) in [7, 11) is 0. The van der Waals surface area contributed by atoms with E-state index in [4.69, 9.17) is 9.47 Å². The predicted molar refractivity (Wildman–Crippen MR) is 48.1 cm³/mol. The smallest absolute Gasteiger partial charge is 0.212 e. The number of hydrogen-bond donors (Lipinski definition) is 0. The minimum atomic E-state index is 0.608. The van der Waals surface area contributed by atoms with Gasteiger partial charge >= 0.3 is 0 Å². The van der Waals surface area contributed by atoms with Gasteiger partial charge < -0.3 is 9.47 Å². The Balaban J connectivity index is 3.79. The lowest BCUT2D eigenvalue weighted by Crippen LogP contribution is -1.90. The molecule has 4 heteroatoms. The van der Waals surface area contributed by atoms with E-state index in [2.05, 4.69) is 31.9 Å². The third kappa shape index (κ3) is 4.17. The molecular weight excluding hydrogens is 264 g/mol. The van der Waals surface area contributed by atoms with Gasteiger partial charge in [-0.3, -0.25) is 0 Å². The normalized spacial score (nSPS) is 12.4. The lowest BCUT2D eigenvalue weighted by Gasteiger charge is -2.04. The Bertz CT molecular complexity index is 109. The van der Waals surface area contributed by atoms with E-state index in [9.17, 15) is 0 Å². The summed E-state index contributed by atoms with van der Waals surface area (Å²) in [6, 6.07) is 0. The monoisotopic (exact) mass is 272 g/mol. The van der Waals surface area contributed by atoms with E-state index >= 15 is 0 Å². The van der Waals surface area contributed by atoms with Crippen LogP contribution in [0.25, 0.3) is 0 Å². The van der Waals surface area contributed by atoms with Crippen molar-refractivity contribution in [2.45, 2.75) is 13.8 Å². The summed E-state index contributed by atoms with van der Waals surface area (Å²) in [6.45, 7) is 5.08. The Morgan fingerprint density at radius 2 is 1.30 bits per heavy atom. The molecule has 0 spiro atoms. The maximum Gasteiger partial charge on any atom is 0.212 e. The van der Waals surface area contributed by atoms with E-state index in [0.717, 1.165) is 0 Å². The first kappa shape index (κ1) is 10.3. The van der Waals surface area contributed by atoms with Crippen molar-refractivity contribution >= 4 is 31.9 Å². The fourth-order valence-electron chi connectivity index (χ4n) is 0.367. The first-order chi connectivity index (χ1) is 4.72. The molecule has 0 aromatic rings. The molecule has 0 atom stereocenters. The summed E-state index contributed by atoms with van der Waals surface area (Å²) in [6.07, 6.45) is 0. The lowest BCUT2D eigenvalue weighted by molar-refractivity contribution is 0.209. The van der Waals surface area contributed by atoms with E-state index in [1.807, 2.05) is 13.8 Å². The zero-order valence-electron chi connectivity index (χ0n) is 5.99. The Hall–Kier alpha value is 0.300. The van der Waals surface area contributed by atoms with Crippen molar-refractivity contribution in [1.82, 2.24) is 0 Å². The first-order valence-corrected chi connectivity index (χ1v) is 4.61. The van der Waals surface area contributed by atoms with Gasteiger partial charge in [-0.25, -0.2) is 0 Å². The van der Waals surface area contributed by atoms with Crippen molar-refractivity contribution in [3.8, 4) is 0 Å². The van der Waals surface area contributed by atoms with Crippen molar-refractivity contribution < 1.29 is 9.47 Å². The van der Waals surface area contributed by atoms with Crippen molar-refractivity contribution in [2.24, 2.45) is 0 Å². The summed E-state index contributed by atoms with van der Waals surface area (Å²) < 4.78 is 11.4. The van der Waals surface area contributed by atoms with Crippen LogP contribution in [0.5, 0.6) is 0 Å². The third-order valence-electron chi connectivity index (χ3n) is 0.697. The molecule has 0 saturated carbocycles. The molecule has 0 aromatic heterocycles. The predicted octanol–water partition coefficient (Wildman–Crippen LogP) is 2.98. The zero-order chi connectivity index (χ0) is 7.98. The molecule has 0 aliphatic carbocycles. The molecule has 0 saturated heterocycles. The molecule has 0 bridgehead atoms. The van der Waals surface area contributed by atoms with Crippen LogP contribution >= 0.6 is 31.9 Å². The van der Waals surface area contributed by atoms with Gasteiger partial charge in [-0.15, -0.1) is 0 Å². The quantitative estimate of drug-likeness (QED) is 0.734. The van der Waals surface area contributed by atoms with Crippen molar-refractivity contribution in [1.29, 1.82) is 0 Å². The van der Waals surface area contributed by atoms with Gasteiger partial charge in [0.2, 0.25) is 9.34 Å². The average Bonchev–Trinajstić information content (AvgIpc) is 1.89. The van der Waals surface area contributed by atoms with Crippen molar-refractivity contribution in [2.75, 3.05) is 13.2 Å². The minimum absolute atomic E-state index is 0.608. The van der Waals surface area contributed by atoms with Gasteiger partial charge in [0.05, 0.1) is 13.2 Å². The fraction of sp³-hybridized carbons (Fsp3) is 0.667. The lowest BCUT2D eigenvalue weighted by atomic mass is 10.8. The maximum atomic E-state index is 5.08. The summed E-state index contributed by atoms with van der Waals surface area (Å²) in [5.41, 5.74) is 0. The Labute approximate surface area is 77.8 Å². The van der Waals surface area contributed by atoms with Gasteiger partial charge in [0.25, 0.3) is 0 Å². The molecule has 0 amide bonds. The number of rotatable bonds is 4. The highest BCUT2D eigenvalue weighted by molar-refractivity contribution is 9.14. The molecule has 0 fully saturated rings. The summed E-state index contributed by atoms with van der Waals surface area (Å²) in [5, 5.41) is 0. The second-order valence-electron chi connectivity index (χ2n) is 1.41. The molecule has 0 N–H and O–H groups in total. The Morgan fingerprint density at radius 1 is 1.00 bits per heavy atom. The van der Waals surface area contributed by atoms with Crippen LogP contribution in [-0.4, -0.2) is 13.2 Å². The van der Waals surface area contributed by atoms with Gasteiger partial charge in [-0.05, 0) is 45.7 Å². The molecule has 0 aliphatic rings.